The Balaban J connectivity index is 1.58. The van der Waals surface area contributed by atoms with Crippen LogP contribution in [-0.2, 0) is 13.0 Å². The van der Waals surface area contributed by atoms with E-state index in [2.05, 4.69) is 5.32 Å². The zero-order valence-corrected chi connectivity index (χ0v) is 14.9. The number of hydrogen-bond acceptors (Lipinski definition) is 4. The number of nitrogens with one attached hydrogen (secondary N) is 1. The maximum atomic E-state index is 12.3. The molecule has 0 spiro atoms. The summed E-state index contributed by atoms with van der Waals surface area (Å²) in [5.74, 6) is 0.801. The number of ether oxygens (including phenoxy) is 1. The topological polar surface area (TPSA) is 58.6 Å². The summed E-state index contributed by atoms with van der Waals surface area (Å²) in [5, 5.41) is 14.3. The summed E-state index contributed by atoms with van der Waals surface area (Å²) >= 11 is 6.06. The van der Waals surface area contributed by atoms with Crippen molar-refractivity contribution in [3.63, 3.8) is 0 Å². The Morgan fingerprint density at radius 2 is 2.12 bits per heavy atom. The number of rotatable bonds is 6. The lowest BCUT2D eigenvalue weighted by atomic mass is 9.90. The van der Waals surface area contributed by atoms with Gasteiger partial charge in [0.1, 0.15) is 5.75 Å². The highest BCUT2D eigenvalue weighted by molar-refractivity contribution is 6.33. The van der Waals surface area contributed by atoms with Crippen LogP contribution in [-0.4, -0.2) is 30.1 Å². The Morgan fingerprint density at radius 3 is 2.88 bits per heavy atom. The van der Waals surface area contributed by atoms with E-state index in [0.29, 0.717) is 23.6 Å². The van der Waals surface area contributed by atoms with Gasteiger partial charge in [-0.2, -0.15) is 0 Å². The average Bonchev–Trinajstić information content (AvgIpc) is 2.65. The second-order valence-electron chi connectivity index (χ2n) is 6.34. The third-order valence-corrected chi connectivity index (χ3v) is 5.04. The van der Waals surface area contributed by atoms with Gasteiger partial charge < -0.3 is 15.2 Å². The van der Waals surface area contributed by atoms with Crippen LogP contribution in [0.2, 0.25) is 5.02 Å². The van der Waals surface area contributed by atoms with Crippen LogP contribution in [0.15, 0.2) is 42.5 Å². The van der Waals surface area contributed by atoms with Crippen LogP contribution in [0.5, 0.6) is 5.75 Å². The zero-order chi connectivity index (χ0) is 17.8. The lowest BCUT2D eigenvalue weighted by molar-refractivity contribution is 0.0877. The van der Waals surface area contributed by atoms with E-state index in [1.165, 1.54) is 11.1 Å². The van der Waals surface area contributed by atoms with Crippen molar-refractivity contribution in [1.29, 1.82) is 0 Å². The highest BCUT2D eigenvalue weighted by Crippen LogP contribution is 2.24. The molecule has 0 saturated heterocycles. The molecule has 4 nitrogen and oxygen atoms in total. The van der Waals surface area contributed by atoms with E-state index in [1.807, 2.05) is 18.2 Å². The first-order chi connectivity index (χ1) is 12.1. The number of Topliss-reactive ketones (excluding diaryl/α,β-unsaturated/α-hetero) is 1. The molecule has 0 amide bonds. The van der Waals surface area contributed by atoms with E-state index in [4.69, 9.17) is 16.3 Å². The molecule has 3 rings (SSSR count). The van der Waals surface area contributed by atoms with Crippen molar-refractivity contribution < 1.29 is 14.6 Å². The van der Waals surface area contributed by atoms with E-state index in [-0.39, 0.29) is 18.2 Å². The average molecular weight is 360 g/mol. The second kappa shape index (κ2) is 8.00. The number of benzene rings is 2. The highest BCUT2D eigenvalue weighted by atomic mass is 35.5. The molecule has 25 heavy (non-hydrogen) atoms. The van der Waals surface area contributed by atoms with Gasteiger partial charge in [0.25, 0.3) is 0 Å². The van der Waals surface area contributed by atoms with Crippen molar-refractivity contribution in [2.75, 3.05) is 7.11 Å². The quantitative estimate of drug-likeness (QED) is 0.776. The fraction of sp³-hybridized carbons (Fsp3) is 0.350. The standard InChI is InChI=1S/C20H22ClNO3/c1-25-15-7-6-13-11-18(22-12-14(13)10-15)20(24)9-8-19(23)16-4-2-3-5-17(16)21/h2-7,10,18,20,22,24H,8-9,11-12H2,1H3/t18-,20+/m0/s1. The number of aliphatic hydroxyl groups excluding tert-OH is 1. The van der Waals surface area contributed by atoms with Gasteiger partial charge in [0.2, 0.25) is 0 Å². The third kappa shape index (κ3) is 4.21. The summed E-state index contributed by atoms with van der Waals surface area (Å²) < 4.78 is 5.25. The molecule has 1 aliphatic heterocycles. The van der Waals surface area contributed by atoms with Crippen molar-refractivity contribution in [2.24, 2.45) is 0 Å². The number of fused-ring (bicyclic) bond motifs is 1. The molecule has 0 aliphatic carbocycles. The maximum absolute atomic E-state index is 12.3. The summed E-state index contributed by atoms with van der Waals surface area (Å²) in [6, 6.07) is 13.0. The summed E-state index contributed by atoms with van der Waals surface area (Å²) in [5.41, 5.74) is 2.92. The highest BCUT2D eigenvalue weighted by Gasteiger charge is 2.25. The molecular weight excluding hydrogens is 338 g/mol. The van der Waals surface area contributed by atoms with Crippen LogP contribution in [0.4, 0.5) is 0 Å². The van der Waals surface area contributed by atoms with Crippen LogP contribution < -0.4 is 10.1 Å². The zero-order valence-electron chi connectivity index (χ0n) is 14.2. The van der Waals surface area contributed by atoms with E-state index in [1.54, 1.807) is 31.4 Å². The minimum absolute atomic E-state index is 0.0365. The maximum Gasteiger partial charge on any atom is 0.164 e. The van der Waals surface area contributed by atoms with Crippen LogP contribution in [0, 0.1) is 0 Å². The van der Waals surface area contributed by atoms with Gasteiger partial charge in [-0.1, -0.05) is 29.8 Å². The molecular formula is C20H22ClNO3. The molecule has 132 valence electrons. The molecule has 0 radical (unpaired) electrons. The predicted molar refractivity (Wildman–Crippen MR) is 98.3 cm³/mol. The summed E-state index contributed by atoms with van der Waals surface area (Å²) in [6.07, 6.45) is 0.841. The number of aliphatic hydroxyl groups is 1. The molecule has 2 atom stereocenters. The molecule has 0 aromatic heterocycles. The Labute approximate surface area is 152 Å². The Bertz CT molecular complexity index is 762. The molecule has 1 aliphatic rings. The monoisotopic (exact) mass is 359 g/mol. The first-order valence-corrected chi connectivity index (χ1v) is 8.81. The SMILES string of the molecule is COc1ccc2c(c1)CN[C@H]([C@H](O)CCC(=O)c1ccccc1Cl)C2. The number of hydrogen-bond donors (Lipinski definition) is 2. The van der Waals surface area contributed by atoms with Gasteiger partial charge in [-0.25, -0.2) is 0 Å². The molecule has 2 aromatic rings. The van der Waals surface area contributed by atoms with E-state index in [9.17, 15) is 9.90 Å². The van der Waals surface area contributed by atoms with E-state index in [0.717, 1.165) is 12.2 Å². The van der Waals surface area contributed by atoms with Gasteiger partial charge in [0, 0.05) is 24.6 Å². The predicted octanol–water partition coefficient (Wildman–Crippen LogP) is 3.39. The molecule has 0 bridgehead atoms. The Hall–Kier alpha value is -1.88. The minimum atomic E-state index is -0.582. The van der Waals surface area contributed by atoms with Gasteiger partial charge in [-0.15, -0.1) is 0 Å². The number of halogens is 1. The Kier molecular flexibility index (Phi) is 5.74. The van der Waals surface area contributed by atoms with E-state index < -0.39 is 6.10 Å². The van der Waals surface area contributed by atoms with Crippen molar-refractivity contribution >= 4 is 17.4 Å². The van der Waals surface area contributed by atoms with Gasteiger partial charge in [0.15, 0.2) is 5.78 Å². The Morgan fingerprint density at radius 1 is 1.32 bits per heavy atom. The molecule has 0 unspecified atom stereocenters. The lowest BCUT2D eigenvalue weighted by Crippen LogP contribution is -2.44. The number of carbonyl (C=O) groups excluding carboxylic acids is 1. The summed E-state index contributed by atoms with van der Waals surface area (Å²) in [4.78, 5) is 12.3. The lowest BCUT2D eigenvalue weighted by Gasteiger charge is -2.30. The second-order valence-corrected chi connectivity index (χ2v) is 6.74. The molecule has 2 aromatic carbocycles. The first-order valence-electron chi connectivity index (χ1n) is 8.43. The minimum Gasteiger partial charge on any atom is -0.497 e. The van der Waals surface area contributed by atoms with Crippen LogP contribution in [0.25, 0.3) is 0 Å². The largest absolute Gasteiger partial charge is 0.497 e. The van der Waals surface area contributed by atoms with Crippen LogP contribution in [0.1, 0.15) is 34.3 Å². The van der Waals surface area contributed by atoms with Crippen molar-refractivity contribution in [3.8, 4) is 5.75 Å². The number of ketones is 1. The van der Waals surface area contributed by atoms with E-state index >= 15 is 0 Å². The fourth-order valence-electron chi connectivity index (χ4n) is 3.22. The van der Waals surface area contributed by atoms with Gasteiger partial charge in [-0.05, 0) is 48.2 Å². The van der Waals surface area contributed by atoms with Crippen LogP contribution >= 0.6 is 11.6 Å². The third-order valence-electron chi connectivity index (χ3n) is 4.71. The first kappa shape index (κ1) is 17.9. The molecule has 0 saturated carbocycles. The smallest absolute Gasteiger partial charge is 0.164 e. The summed E-state index contributed by atoms with van der Waals surface area (Å²) in [7, 11) is 1.65. The number of methoxy groups -OCH3 is 1. The van der Waals surface area contributed by atoms with Crippen molar-refractivity contribution in [3.05, 3.63) is 64.2 Å². The molecule has 1 heterocycles. The van der Waals surface area contributed by atoms with Crippen molar-refractivity contribution in [1.82, 2.24) is 5.32 Å². The molecule has 5 heteroatoms. The fourth-order valence-corrected chi connectivity index (χ4v) is 3.46. The number of carbonyl (C=O) groups is 1. The van der Waals surface area contributed by atoms with Gasteiger partial charge in [-0.3, -0.25) is 4.79 Å². The normalized spacial score (nSPS) is 17.6. The summed E-state index contributed by atoms with van der Waals surface area (Å²) in [6.45, 7) is 0.687. The van der Waals surface area contributed by atoms with Crippen molar-refractivity contribution in [2.45, 2.75) is 38.0 Å². The van der Waals surface area contributed by atoms with Crippen LogP contribution in [0.3, 0.4) is 0 Å². The van der Waals surface area contributed by atoms with Gasteiger partial charge >= 0.3 is 0 Å². The molecule has 2 N–H and O–H groups in total. The van der Waals surface area contributed by atoms with Gasteiger partial charge in [0.05, 0.1) is 18.2 Å². The molecule has 0 fully saturated rings.